The van der Waals surface area contributed by atoms with E-state index in [1.807, 2.05) is 24.3 Å². The summed E-state index contributed by atoms with van der Waals surface area (Å²) in [6, 6.07) is 10.3. The van der Waals surface area contributed by atoms with Crippen LogP contribution in [-0.2, 0) is 9.47 Å². The number of hydrogen-bond donors (Lipinski definition) is 1. The standard InChI is InChI=1S/C20H26N4O2/c1-14-13-26-11-8-24(14)19-12-18(15-6-9-25-10-7-15)22-20(23-19)16-2-4-17(21)5-3-16/h2-5,12,14-15H,6-11,13,21H2,1H3/t14-/m1/s1. The van der Waals surface area contributed by atoms with Crippen molar-refractivity contribution >= 4 is 11.5 Å². The van der Waals surface area contributed by atoms with Crippen LogP contribution < -0.4 is 10.6 Å². The quantitative estimate of drug-likeness (QED) is 0.855. The van der Waals surface area contributed by atoms with Gasteiger partial charge in [0.1, 0.15) is 5.82 Å². The maximum atomic E-state index is 5.84. The Hall–Kier alpha value is -2.18. The van der Waals surface area contributed by atoms with Crippen LogP contribution in [-0.4, -0.2) is 49.0 Å². The number of anilines is 2. The number of rotatable bonds is 3. The normalized spacial score (nSPS) is 21.7. The second-order valence-electron chi connectivity index (χ2n) is 7.10. The van der Waals surface area contributed by atoms with E-state index in [4.69, 9.17) is 25.2 Å². The molecule has 0 spiro atoms. The van der Waals surface area contributed by atoms with Crippen LogP contribution in [0.4, 0.5) is 11.5 Å². The first-order valence-electron chi connectivity index (χ1n) is 9.38. The van der Waals surface area contributed by atoms with Crippen molar-refractivity contribution in [3.8, 4) is 11.4 Å². The molecule has 0 bridgehead atoms. The maximum Gasteiger partial charge on any atom is 0.161 e. The van der Waals surface area contributed by atoms with Gasteiger partial charge in [-0.3, -0.25) is 0 Å². The molecule has 4 rings (SSSR count). The topological polar surface area (TPSA) is 73.5 Å². The minimum Gasteiger partial charge on any atom is -0.399 e. The number of nitrogens with two attached hydrogens (primary N) is 1. The Bertz CT molecular complexity index is 744. The molecule has 2 aliphatic rings. The maximum absolute atomic E-state index is 5.84. The van der Waals surface area contributed by atoms with Gasteiger partial charge in [-0.25, -0.2) is 9.97 Å². The summed E-state index contributed by atoms with van der Waals surface area (Å²) in [6.07, 6.45) is 2.02. The highest BCUT2D eigenvalue weighted by Crippen LogP contribution is 2.31. The van der Waals surface area contributed by atoms with E-state index >= 15 is 0 Å². The second kappa shape index (κ2) is 7.60. The van der Waals surface area contributed by atoms with Gasteiger partial charge in [0.05, 0.1) is 19.3 Å². The highest BCUT2D eigenvalue weighted by Gasteiger charge is 2.24. The van der Waals surface area contributed by atoms with Crippen molar-refractivity contribution in [1.82, 2.24) is 9.97 Å². The van der Waals surface area contributed by atoms with E-state index in [-0.39, 0.29) is 0 Å². The minimum absolute atomic E-state index is 0.306. The summed E-state index contributed by atoms with van der Waals surface area (Å²) < 4.78 is 11.1. The third kappa shape index (κ3) is 3.66. The van der Waals surface area contributed by atoms with Crippen molar-refractivity contribution in [3.63, 3.8) is 0 Å². The lowest BCUT2D eigenvalue weighted by atomic mass is 9.96. The molecule has 26 heavy (non-hydrogen) atoms. The largest absolute Gasteiger partial charge is 0.399 e. The number of hydrogen-bond acceptors (Lipinski definition) is 6. The summed E-state index contributed by atoms with van der Waals surface area (Å²) >= 11 is 0. The molecule has 3 heterocycles. The molecule has 2 aliphatic heterocycles. The van der Waals surface area contributed by atoms with Crippen molar-refractivity contribution in [2.75, 3.05) is 43.6 Å². The van der Waals surface area contributed by atoms with Gasteiger partial charge in [-0.05, 0) is 44.0 Å². The first kappa shape index (κ1) is 17.2. The van der Waals surface area contributed by atoms with E-state index in [1.54, 1.807) is 0 Å². The molecule has 1 atom stereocenters. The van der Waals surface area contributed by atoms with Gasteiger partial charge < -0.3 is 20.1 Å². The van der Waals surface area contributed by atoms with Crippen molar-refractivity contribution < 1.29 is 9.47 Å². The Morgan fingerprint density at radius 1 is 1.04 bits per heavy atom. The molecule has 6 nitrogen and oxygen atoms in total. The van der Waals surface area contributed by atoms with Crippen LogP contribution in [0.25, 0.3) is 11.4 Å². The molecule has 0 amide bonds. The highest BCUT2D eigenvalue weighted by molar-refractivity contribution is 5.61. The van der Waals surface area contributed by atoms with Gasteiger partial charge in [-0.15, -0.1) is 0 Å². The lowest BCUT2D eigenvalue weighted by molar-refractivity contribution is 0.0844. The fourth-order valence-corrected chi connectivity index (χ4v) is 3.63. The molecule has 2 aromatic rings. The van der Waals surface area contributed by atoms with Crippen molar-refractivity contribution in [2.45, 2.75) is 31.7 Å². The van der Waals surface area contributed by atoms with E-state index in [1.165, 1.54) is 0 Å². The molecule has 6 heteroatoms. The molecule has 138 valence electrons. The van der Waals surface area contributed by atoms with Crippen molar-refractivity contribution in [2.24, 2.45) is 0 Å². The summed E-state index contributed by atoms with van der Waals surface area (Å²) in [5.41, 5.74) is 8.70. The first-order chi connectivity index (χ1) is 12.7. The van der Waals surface area contributed by atoms with E-state index in [9.17, 15) is 0 Å². The van der Waals surface area contributed by atoms with Crippen LogP contribution >= 0.6 is 0 Å². The smallest absolute Gasteiger partial charge is 0.161 e. The van der Waals surface area contributed by atoms with Crippen LogP contribution in [0.5, 0.6) is 0 Å². The zero-order chi connectivity index (χ0) is 17.9. The van der Waals surface area contributed by atoms with Crippen LogP contribution in [0.2, 0.25) is 0 Å². The van der Waals surface area contributed by atoms with Gasteiger partial charge >= 0.3 is 0 Å². The van der Waals surface area contributed by atoms with Gasteiger partial charge in [0, 0.05) is 48.7 Å². The number of nitrogens with zero attached hydrogens (tertiary/aromatic N) is 3. The van der Waals surface area contributed by atoms with E-state index in [2.05, 4.69) is 17.9 Å². The monoisotopic (exact) mass is 354 g/mol. The summed E-state index contributed by atoms with van der Waals surface area (Å²) in [6.45, 7) is 6.10. The molecule has 2 N–H and O–H groups in total. The molecule has 2 fully saturated rings. The summed E-state index contributed by atoms with van der Waals surface area (Å²) in [4.78, 5) is 12.1. The minimum atomic E-state index is 0.306. The Labute approximate surface area is 154 Å². The third-order valence-electron chi connectivity index (χ3n) is 5.20. The molecule has 2 saturated heterocycles. The zero-order valence-corrected chi connectivity index (χ0v) is 15.2. The predicted molar refractivity (Wildman–Crippen MR) is 102 cm³/mol. The molecule has 0 aliphatic carbocycles. The Kier molecular flexibility index (Phi) is 5.04. The average Bonchev–Trinajstić information content (AvgIpc) is 2.69. The van der Waals surface area contributed by atoms with Crippen molar-refractivity contribution in [3.05, 3.63) is 36.0 Å². The number of aromatic nitrogens is 2. The summed E-state index contributed by atoms with van der Waals surface area (Å²) in [7, 11) is 0. The number of benzene rings is 1. The highest BCUT2D eigenvalue weighted by atomic mass is 16.5. The van der Waals surface area contributed by atoms with Crippen LogP contribution in [0.15, 0.2) is 30.3 Å². The fourth-order valence-electron chi connectivity index (χ4n) is 3.63. The first-order valence-corrected chi connectivity index (χ1v) is 9.38. The summed E-state index contributed by atoms with van der Waals surface area (Å²) in [5, 5.41) is 0. The van der Waals surface area contributed by atoms with Gasteiger partial charge in [-0.1, -0.05) is 0 Å². The SMILES string of the molecule is C[C@@H]1COCCN1c1cc(C2CCOCC2)nc(-c2ccc(N)cc2)n1. The lowest BCUT2D eigenvalue weighted by Gasteiger charge is -2.35. The Morgan fingerprint density at radius 3 is 2.54 bits per heavy atom. The Balaban J connectivity index is 1.74. The van der Waals surface area contributed by atoms with Gasteiger partial charge in [0.15, 0.2) is 5.82 Å². The molecule has 0 radical (unpaired) electrons. The van der Waals surface area contributed by atoms with Gasteiger partial charge in [-0.2, -0.15) is 0 Å². The van der Waals surface area contributed by atoms with E-state index < -0.39 is 0 Å². The Morgan fingerprint density at radius 2 is 1.81 bits per heavy atom. The van der Waals surface area contributed by atoms with E-state index in [0.29, 0.717) is 12.0 Å². The average molecular weight is 354 g/mol. The molecular weight excluding hydrogens is 328 g/mol. The summed E-state index contributed by atoms with van der Waals surface area (Å²) in [5.74, 6) is 2.18. The predicted octanol–water partition coefficient (Wildman–Crippen LogP) is 2.84. The van der Waals surface area contributed by atoms with Crippen LogP contribution in [0.1, 0.15) is 31.4 Å². The second-order valence-corrected chi connectivity index (χ2v) is 7.10. The number of nitrogen functional groups attached to an aromatic ring is 1. The third-order valence-corrected chi connectivity index (χ3v) is 5.20. The molecule has 0 unspecified atom stereocenters. The molecule has 0 saturated carbocycles. The van der Waals surface area contributed by atoms with Gasteiger partial charge in [0.25, 0.3) is 0 Å². The molecular formula is C20H26N4O2. The van der Waals surface area contributed by atoms with Crippen LogP contribution in [0.3, 0.4) is 0 Å². The van der Waals surface area contributed by atoms with Crippen molar-refractivity contribution in [1.29, 1.82) is 0 Å². The number of morpholine rings is 1. The fraction of sp³-hybridized carbons (Fsp3) is 0.500. The van der Waals surface area contributed by atoms with E-state index in [0.717, 1.165) is 74.4 Å². The molecule has 1 aromatic heterocycles. The van der Waals surface area contributed by atoms with Gasteiger partial charge in [0.2, 0.25) is 0 Å². The lowest BCUT2D eigenvalue weighted by Crippen LogP contribution is -2.44. The van der Waals surface area contributed by atoms with Crippen LogP contribution in [0, 0.1) is 0 Å². The zero-order valence-electron chi connectivity index (χ0n) is 15.2. The molecule has 1 aromatic carbocycles. The number of ether oxygens (including phenoxy) is 2.